The zero-order valence-electron chi connectivity index (χ0n) is 6.40. The van der Waals surface area contributed by atoms with Gasteiger partial charge in [-0.15, -0.1) is 11.6 Å². The van der Waals surface area contributed by atoms with Crippen LogP contribution in [0.4, 0.5) is 4.39 Å². The average molecular weight is 243 g/mol. The normalized spacial score (nSPS) is 13.0. The van der Waals surface area contributed by atoms with E-state index in [0.29, 0.717) is 0 Å². The fraction of sp³-hybridized carbons (Fsp3) is 0.250. The van der Waals surface area contributed by atoms with Crippen LogP contribution in [0.25, 0.3) is 0 Å². The van der Waals surface area contributed by atoms with Gasteiger partial charge in [-0.2, -0.15) is 0 Å². The van der Waals surface area contributed by atoms with Crippen LogP contribution >= 0.6 is 34.8 Å². The maximum absolute atomic E-state index is 12.9. The van der Waals surface area contributed by atoms with Gasteiger partial charge in [0.25, 0.3) is 0 Å². The second kappa shape index (κ2) is 4.47. The van der Waals surface area contributed by atoms with Crippen LogP contribution in [0.5, 0.6) is 0 Å². The highest BCUT2D eigenvalue weighted by Gasteiger charge is 2.13. The van der Waals surface area contributed by atoms with E-state index in [4.69, 9.17) is 34.8 Å². The molecule has 0 amide bonds. The van der Waals surface area contributed by atoms with Crippen LogP contribution < -0.4 is 0 Å². The largest absolute Gasteiger partial charge is 0.387 e. The van der Waals surface area contributed by atoms with Crippen molar-refractivity contribution in [3.05, 3.63) is 33.6 Å². The first-order valence-corrected chi connectivity index (χ1v) is 4.73. The molecular formula is C8H6Cl3FO. The van der Waals surface area contributed by atoms with E-state index < -0.39 is 11.9 Å². The summed E-state index contributed by atoms with van der Waals surface area (Å²) in [4.78, 5) is 0. The van der Waals surface area contributed by atoms with E-state index in [1.165, 1.54) is 6.07 Å². The predicted octanol–water partition coefficient (Wildman–Crippen LogP) is 3.40. The quantitative estimate of drug-likeness (QED) is 0.623. The van der Waals surface area contributed by atoms with Crippen LogP contribution in [0.3, 0.4) is 0 Å². The molecule has 0 radical (unpaired) electrons. The third kappa shape index (κ3) is 2.47. The van der Waals surface area contributed by atoms with Crippen molar-refractivity contribution in [1.82, 2.24) is 0 Å². The van der Waals surface area contributed by atoms with E-state index in [9.17, 15) is 9.50 Å². The predicted molar refractivity (Wildman–Crippen MR) is 52.1 cm³/mol. The van der Waals surface area contributed by atoms with E-state index in [1.54, 1.807) is 0 Å². The Bertz CT molecular complexity index is 317. The Morgan fingerprint density at radius 1 is 1.31 bits per heavy atom. The monoisotopic (exact) mass is 242 g/mol. The topological polar surface area (TPSA) is 20.2 Å². The van der Waals surface area contributed by atoms with Crippen molar-refractivity contribution in [2.24, 2.45) is 0 Å². The third-order valence-corrected chi connectivity index (χ3v) is 2.45. The Morgan fingerprint density at radius 3 is 2.46 bits per heavy atom. The average Bonchev–Trinajstić information content (AvgIpc) is 2.10. The fourth-order valence-corrected chi connectivity index (χ4v) is 1.55. The van der Waals surface area contributed by atoms with Crippen LogP contribution in [-0.2, 0) is 0 Å². The molecule has 1 N–H and O–H groups in total. The minimum Gasteiger partial charge on any atom is -0.387 e. The van der Waals surface area contributed by atoms with Gasteiger partial charge in [0.05, 0.1) is 17.0 Å². The zero-order chi connectivity index (χ0) is 10.0. The molecule has 1 unspecified atom stereocenters. The number of halogens is 4. The number of aliphatic hydroxyl groups is 1. The van der Waals surface area contributed by atoms with Gasteiger partial charge in [0.15, 0.2) is 0 Å². The minimum atomic E-state index is -0.971. The molecule has 1 aromatic carbocycles. The van der Waals surface area contributed by atoms with Crippen molar-refractivity contribution in [3.8, 4) is 0 Å². The molecule has 5 heteroatoms. The van der Waals surface area contributed by atoms with E-state index in [1.807, 2.05) is 0 Å². The molecule has 0 spiro atoms. The Morgan fingerprint density at radius 2 is 1.92 bits per heavy atom. The zero-order valence-corrected chi connectivity index (χ0v) is 8.67. The fourth-order valence-electron chi connectivity index (χ4n) is 0.876. The molecule has 1 atom stereocenters. The number of benzene rings is 1. The van der Waals surface area contributed by atoms with E-state index in [2.05, 4.69) is 0 Å². The summed E-state index contributed by atoms with van der Waals surface area (Å²) in [6, 6.07) is 2.32. The summed E-state index contributed by atoms with van der Waals surface area (Å²) in [5, 5.41) is 9.43. The minimum absolute atomic E-state index is 0.0409. The van der Waals surface area contributed by atoms with Gasteiger partial charge >= 0.3 is 0 Å². The standard InChI is InChI=1S/C8H6Cl3FO/c9-3-8(13)4-1-7(12)6(11)2-5(4)10/h1-2,8,13H,3H2. The van der Waals surface area contributed by atoms with Gasteiger partial charge in [-0.3, -0.25) is 0 Å². The van der Waals surface area contributed by atoms with Gasteiger partial charge < -0.3 is 5.11 Å². The van der Waals surface area contributed by atoms with Crippen molar-refractivity contribution in [1.29, 1.82) is 0 Å². The van der Waals surface area contributed by atoms with Crippen LogP contribution in [-0.4, -0.2) is 11.0 Å². The molecule has 0 saturated carbocycles. The lowest BCUT2D eigenvalue weighted by atomic mass is 10.1. The molecule has 1 nitrogen and oxygen atoms in total. The van der Waals surface area contributed by atoms with Gasteiger partial charge in [-0.25, -0.2) is 4.39 Å². The van der Waals surface area contributed by atoms with Crippen LogP contribution in [0.15, 0.2) is 12.1 Å². The Hall–Kier alpha value is -0.0200. The number of hydrogen-bond acceptors (Lipinski definition) is 1. The maximum atomic E-state index is 12.9. The van der Waals surface area contributed by atoms with E-state index >= 15 is 0 Å². The summed E-state index contributed by atoms with van der Waals surface area (Å²) in [5.74, 6) is -0.661. The summed E-state index contributed by atoms with van der Waals surface area (Å²) in [6.07, 6.45) is -0.971. The second-order valence-corrected chi connectivity index (χ2v) is 3.58. The van der Waals surface area contributed by atoms with Crippen molar-refractivity contribution >= 4 is 34.8 Å². The van der Waals surface area contributed by atoms with Crippen molar-refractivity contribution in [2.75, 3.05) is 5.88 Å². The van der Waals surface area contributed by atoms with Crippen molar-refractivity contribution < 1.29 is 9.50 Å². The Balaban J connectivity index is 3.15. The lowest BCUT2D eigenvalue weighted by molar-refractivity contribution is 0.202. The van der Waals surface area contributed by atoms with E-state index in [0.717, 1.165) is 6.07 Å². The van der Waals surface area contributed by atoms with Gasteiger partial charge in [0, 0.05) is 10.6 Å². The molecule has 72 valence electrons. The molecule has 0 aliphatic carbocycles. The van der Waals surface area contributed by atoms with Gasteiger partial charge in [0.2, 0.25) is 0 Å². The molecule has 13 heavy (non-hydrogen) atoms. The second-order valence-electron chi connectivity index (χ2n) is 2.46. The lowest BCUT2D eigenvalue weighted by Gasteiger charge is -2.09. The van der Waals surface area contributed by atoms with Crippen LogP contribution in [0.1, 0.15) is 11.7 Å². The summed E-state index contributed by atoms with van der Waals surface area (Å²) in [7, 11) is 0. The number of aliphatic hydroxyl groups excluding tert-OH is 1. The molecule has 0 aromatic heterocycles. The Kier molecular flexibility index (Phi) is 3.80. The van der Waals surface area contributed by atoms with Crippen LogP contribution in [0, 0.1) is 5.82 Å². The molecule has 1 aromatic rings. The molecule has 1 rings (SSSR count). The molecule has 0 heterocycles. The number of hydrogen-bond donors (Lipinski definition) is 1. The molecule has 0 aliphatic heterocycles. The van der Waals surface area contributed by atoms with Gasteiger partial charge in [-0.05, 0) is 12.1 Å². The van der Waals surface area contributed by atoms with Crippen molar-refractivity contribution in [3.63, 3.8) is 0 Å². The van der Waals surface area contributed by atoms with Crippen LogP contribution in [0.2, 0.25) is 10.0 Å². The smallest absolute Gasteiger partial charge is 0.142 e. The highest BCUT2D eigenvalue weighted by molar-refractivity contribution is 6.35. The van der Waals surface area contributed by atoms with Gasteiger partial charge in [-0.1, -0.05) is 23.2 Å². The highest BCUT2D eigenvalue weighted by Crippen LogP contribution is 2.29. The highest BCUT2D eigenvalue weighted by atomic mass is 35.5. The maximum Gasteiger partial charge on any atom is 0.142 e. The number of rotatable bonds is 2. The summed E-state index contributed by atoms with van der Waals surface area (Å²) in [6.45, 7) is 0. The third-order valence-electron chi connectivity index (χ3n) is 1.54. The first-order valence-electron chi connectivity index (χ1n) is 3.44. The summed E-state index contributed by atoms with van der Waals surface area (Å²) >= 11 is 16.6. The molecule has 0 saturated heterocycles. The Labute approximate surface area is 90.0 Å². The van der Waals surface area contributed by atoms with Crippen molar-refractivity contribution in [2.45, 2.75) is 6.10 Å². The van der Waals surface area contributed by atoms with Gasteiger partial charge in [0.1, 0.15) is 5.82 Å². The summed E-state index contributed by atoms with van der Waals surface area (Å²) in [5.41, 5.74) is 0.249. The van der Waals surface area contributed by atoms with E-state index in [-0.39, 0.29) is 21.5 Å². The summed E-state index contributed by atoms with van der Waals surface area (Å²) < 4.78 is 12.9. The molecule has 0 aliphatic rings. The lowest BCUT2D eigenvalue weighted by Crippen LogP contribution is -2.00. The number of alkyl halides is 1. The SMILES string of the molecule is OC(CCl)c1cc(F)c(Cl)cc1Cl. The molecule has 0 fully saturated rings. The first kappa shape index (κ1) is 11.1. The first-order chi connectivity index (χ1) is 6.06. The molecule has 0 bridgehead atoms. The molecular weight excluding hydrogens is 237 g/mol.